The lowest BCUT2D eigenvalue weighted by atomic mass is 9.90. The van der Waals surface area contributed by atoms with Gasteiger partial charge in [-0.3, -0.25) is 0 Å². The van der Waals surface area contributed by atoms with Crippen LogP contribution in [0.5, 0.6) is 0 Å². The van der Waals surface area contributed by atoms with Gasteiger partial charge in [0, 0.05) is 24.5 Å². The quantitative estimate of drug-likeness (QED) is 0.482. The first-order valence-corrected chi connectivity index (χ1v) is 12.4. The van der Waals surface area contributed by atoms with Crippen LogP contribution in [0.25, 0.3) is 16.6 Å². The second kappa shape index (κ2) is 9.70. The molecule has 0 radical (unpaired) electrons. The van der Waals surface area contributed by atoms with Crippen LogP contribution in [0.4, 0.5) is 16.3 Å². The summed E-state index contributed by atoms with van der Waals surface area (Å²) in [7, 11) is 0. The standard InChI is InChI=1S/C27H34N6O2/c1-27(2,3)35-26(34)33-13-9-19(10-14-33)23-16-22-24(29-17-30-25(22)32-23)31-21-6-4-5-20(15-21)18-7-11-28-12-8-18/h4-6,9,15-18,28H,7-8,10-14H2,1-3H3,(H2,29,30,31,32). The van der Waals surface area contributed by atoms with Gasteiger partial charge in [0.05, 0.1) is 5.39 Å². The van der Waals surface area contributed by atoms with E-state index in [0.29, 0.717) is 19.0 Å². The van der Waals surface area contributed by atoms with Crippen molar-refractivity contribution in [1.82, 2.24) is 25.2 Å². The summed E-state index contributed by atoms with van der Waals surface area (Å²) in [4.78, 5) is 26.5. The topological polar surface area (TPSA) is 95.2 Å². The zero-order valence-electron chi connectivity index (χ0n) is 20.7. The predicted octanol–water partition coefficient (Wildman–Crippen LogP) is 5.19. The summed E-state index contributed by atoms with van der Waals surface area (Å²) in [5.41, 5.74) is 4.89. The van der Waals surface area contributed by atoms with Crippen molar-refractivity contribution >= 4 is 34.2 Å². The molecule has 0 spiro atoms. The average Bonchev–Trinajstić information content (AvgIpc) is 3.29. The number of nitrogens with one attached hydrogen (secondary N) is 3. The van der Waals surface area contributed by atoms with Crippen molar-refractivity contribution < 1.29 is 9.53 Å². The molecule has 3 N–H and O–H groups in total. The van der Waals surface area contributed by atoms with Gasteiger partial charge in [-0.05, 0) is 88.4 Å². The maximum atomic E-state index is 12.4. The van der Waals surface area contributed by atoms with Crippen LogP contribution in [0.1, 0.15) is 57.2 Å². The number of anilines is 2. The lowest BCUT2D eigenvalue weighted by molar-refractivity contribution is 0.0270. The third-order valence-corrected chi connectivity index (χ3v) is 6.59. The van der Waals surface area contributed by atoms with Crippen molar-refractivity contribution in [3.05, 3.63) is 54.0 Å². The summed E-state index contributed by atoms with van der Waals surface area (Å²) in [6.45, 7) is 8.96. The third kappa shape index (κ3) is 5.48. The summed E-state index contributed by atoms with van der Waals surface area (Å²) < 4.78 is 5.51. The van der Waals surface area contributed by atoms with Crippen molar-refractivity contribution in [2.45, 2.75) is 51.6 Å². The number of ether oxygens (including phenoxy) is 1. The van der Waals surface area contributed by atoms with Crippen molar-refractivity contribution in [2.24, 2.45) is 0 Å². The molecule has 8 nitrogen and oxygen atoms in total. The van der Waals surface area contributed by atoms with Gasteiger partial charge in [0.15, 0.2) is 0 Å². The molecule has 3 aromatic rings. The molecular weight excluding hydrogens is 440 g/mol. The summed E-state index contributed by atoms with van der Waals surface area (Å²) >= 11 is 0. The number of rotatable bonds is 4. The number of carbonyl (C=O) groups is 1. The smallest absolute Gasteiger partial charge is 0.410 e. The summed E-state index contributed by atoms with van der Waals surface area (Å²) in [6, 6.07) is 10.8. The van der Waals surface area contributed by atoms with E-state index in [1.807, 2.05) is 20.8 Å². The molecule has 0 aliphatic carbocycles. The number of nitrogens with zero attached hydrogens (tertiary/aromatic N) is 3. The van der Waals surface area contributed by atoms with Crippen LogP contribution in [0, 0.1) is 0 Å². The first-order chi connectivity index (χ1) is 16.9. The Morgan fingerprint density at radius 3 is 2.74 bits per heavy atom. The fourth-order valence-corrected chi connectivity index (χ4v) is 4.78. The molecule has 2 aromatic heterocycles. The number of benzene rings is 1. The lowest BCUT2D eigenvalue weighted by Gasteiger charge is -2.29. The molecule has 2 aliphatic rings. The van der Waals surface area contributed by atoms with Gasteiger partial charge in [-0.1, -0.05) is 18.2 Å². The van der Waals surface area contributed by atoms with Gasteiger partial charge < -0.3 is 25.3 Å². The van der Waals surface area contributed by atoms with Gasteiger partial charge >= 0.3 is 6.09 Å². The molecule has 35 heavy (non-hydrogen) atoms. The summed E-state index contributed by atoms with van der Waals surface area (Å²) in [5.74, 6) is 1.38. The Kier molecular flexibility index (Phi) is 6.47. The molecule has 2 aliphatic heterocycles. The minimum Gasteiger partial charge on any atom is -0.444 e. The molecular formula is C27H34N6O2. The maximum Gasteiger partial charge on any atom is 0.410 e. The van der Waals surface area contributed by atoms with Gasteiger partial charge in [0.25, 0.3) is 0 Å². The number of hydrogen-bond donors (Lipinski definition) is 3. The third-order valence-electron chi connectivity index (χ3n) is 6.59. The van der Waals surface area contributed by atoms with Crippen molar-refractivity contribution in [1.29, 1.82) is 0 Å². The Morgan fingerprint density at radius 2 is 2.00 bits per heavy atom. The van der Waals surface area contributed by atoms with E-state index in [2.05, 4.69) is 62.0 Å². The van der Waals surface area contributed by atoms with Crippen molar-refractivity contribution in [2.75, 3.05) is 31.5 Å². The normalized spacial score (nSPS) is 17.3. The van der Waals surface area contributed by atoms with E-state index in [4.69, 9.17) is 4.74 Å². The Labute approximate surface area is 206 Å². The highest BCUT2D eigenvalue weighted by atomic mass is 16.6. The monoisotopic (exact) mass is 474 g/mol. The first kappa shape index (κ1) is 23.4. The number of aromatic amines is 1. The molecule has 0 bridgehead atoms. The van der Waals surface area contributed by atoms with E-state index in [-0.39, 0.29) is 6.09 Å². The zero-order chi connectivity index (χ0) is 24.4. The number of H-pyrrole nitrogens is 1. The Hall–Kier alpha value is -3.39. The van der Waals surface area contributed by atoms with Gasteiger partial charge in [-0.2, -0.15) is 0 Å². The van der Waals surface area contributed by atoms with Crippen LogP contribution in [-0.4, -0.2) is 57.7 Å². The fourth-order valence-electron chi connectivity index (χ4n) is 4.78. The lowest BCUT2D eigenvalue weighted by Crippen LogP contribution is -2.39. The van der Waals surface area contributed by atoms with Gasteiger partial charge in [-0.15, -0.1) is 0 Å². The average molecular weight is 475 g/mol. The second-order valence-corrected chi connectivity index (χ2v) is 10.3. The first-order valence-electron chi connectivity index (χ1n) is 12.4. The Bertz CT molecular complexity index is 1240. The van der Waals surface area contributed by atoms with Crippen molar-refractivity contribution in [3.63, 3.8) is 0 Å². The van der Waals surface area contributed by atoms with E-state index < -0.39 is 5.60 Å². The Morgan fingerprint density at radius 1 is 1.17 bits per heavy atom. The maximum absolute atomic E-state index is 12.4. The molecule has 0 unspecified atom stereocenters. The number of carbonyl (C=O) groups excluding carboxylic acids is 1. The van der Waals surface area contributed by atoms with Gasteiger partial charge in [0.2, 0.25) is 0 Å². The molecule has 0 saturated carbocycles. The zero-order valence-corrected chi connectivity index (χ0v) is 20.7. The summed E-state index contributed by atoms with van der Waals surface area (Å²) in [5, 5.41) is 7.90. The summed E-state index contributed by atoms with van der Waals surface area (Å²) in [6.07, 6.45) is 6.49. The number of amides is 1. The van der Waals surface area contributed by atoms with Crippen LogP contribution >= 0.6 is 0 Å². The molecule has 0 atom stereocenters. The molecule has 184 valence electrons. The predicted molar refractivity (Wildman–Crippen MR) is 139 cm³/mol. The molecule has 1 saturated heterocycles. The highest BCUT2D eigenvalue weighted by Gasteiger charge is 2.24. The SMILES string of the molecule is CC(C)(C)OC(=O)N1CC=C(c2cc3c(Nc4cccc(C5CCNCC5)c4)ncnc3[nH]2)CC1. The Balaban J connectivity index is 1.33. The minimum atomic E-state index is -0.493. The van der Waals surface area contributed by atoms with Crippen LogP contribution in [0.3, 0.4) is 0 Å². The second-order valence-electron chi connectivity index (χ2n) is 10.3. The van der Waals surface area contributed by atoms with Gasteiger partial charge in [0.1, 0.15) is 23.4 Å². The van der Waals surface area contributed by atoms with E-state index >= 15 is 0 Å². The van der Waals surface area contributed by atoms with E-state index in [9.17, 15) is 4.79 Å². The molecule has 1 amide bonds. The number of piperidine rings is 1. The van der Waals surface area contributed by atoms with Crippen molar-refractivity contribution in [3.8, 4) is 0 Å². The molecule has 1 aromatic carbocycles. The van der Waals surface area contributed by atoms with Crippen LogP contribution in [0.15, 0.2) is 42.7 Å². The number of hydrogen-bond acceptors (Lipinski definition) is 6. The van der Waals surface area contributed by atoms with Crippen LogP contribution < -0.4 is 10.6 Å². The van der Waals surface area contributed by atoms with Crippen LogP contribution in [0.2, 0.25) is 0 Å². The number of fused-ring (bicyclic) bond motifs is 1. The van der Waals surface area contributed by atoms with Gasteiger partial charge in [-0.25, -0.2) is 14.8 Å². The minimum absolute atomic E-state index is 0.270. The molecule has 4 heterocycles. The molecule has 8 heteroatoms. The largest absolute Gasteiger partial charge is 0.444 e. The van der Waals surface area contributed by atoms with Crippen LogP contribution in [-0.2, 0) is 4.74 Å². The molecule has 1 fully saturated rings. The number of aromatic nitrogens is 3. The highest BCUT2D eigenvalue weighted by molar-refractivity contribution is 5.92. The van der Waals surface area contributed by atoms with E-state index in [1.54, 1.807) is 11.2 Å². The fraction of sp³-hybridized carbons (Fsp3) is 0.444. The highest BCUT2D eigenvalue weighted by Crippen LogP contribution is 2.31. The van der Waals surface area contributed by atoms with E-state index in [1.165, 1.54) is 24.0 Å². The van der Waals surface area contributed by atoms with E-state index in [0.717, 1.165) is 47.7 Å². The molecule has 5 rings (SSSR count).